The van der Waals surface area contributed by atoms with E-state index < -0.39 is 0 Å². The van der Waals surface area contributed by atoms with Crippen molar-refractivity contribution >= 4 is 17.5 Å². The van der Waals surface area contributed by atoms with Crippen molar-refractivity contribution in [2.75, 3.05) is 0 Å². The van der Waals surface area contributed by atoms with Gasteiger partial charge in [0.2, 0.25) is 0 Å². The van der Waals surface area contributed by atoms with E-state index in [1.165, 1.54) is 19.3 Å². The van der Waals surface area contributed by atoms with Crippen LogP contribution in [0.1, 0.15) is 48.0 Å². The molecule has 92 valence electrons. The minimum absolute atomic E-state index is 0.0110. The molecule has 0 heterocycles. The first-order valence-corrected chi connectivity index (χ1v) is 6.62. The highest BCUT2D eigenvalue weighted by Gasteiger charge is 2.18. The molecule has 2 rings (SSSR count). The zero-order chi connectivity index (χ0) is 12.3. The van der Waals surface area contributed by atoms with Gasteiger partial charge in [0.15, 0.2) is 0 Å². The number of hydrogen-bond donors (Lipinski definition) is 1. The van der Waals surface area contributed by atoms with Crippen LogP contribution in [0.2, 0.25) is 5.02 Å². The average molecular weight is 252 g/mol. The molecule has 0 radical (unpaired) electrons. The van der Waals surface area contributed by atoms with Gasteiger partial charge >= 0.3 is 0 Å². The van der Waals surface area contributed by atoms with E-state index in [-0.39, 0.29) is 5.91 Å². The molecule has 1 N–H and O–H groups in total. The number of carbonyl (C=O) groups is 1. The van der Waals surface area contributed by atoms with Gasteiger partial charge in [-0.15, -0.1) is 0 Å². The van der Waals surface area contributed by atoms with Gasteiger partial charge in [-0.05, 0) is 37.5 Å². The van der Waals surface area contributed by atoms with E-state index in [0.717, 1.165) is 18.4 Å². The summed E-state index contributed by atoms with van der Waals surface area (Å²) in [5, 5.41) is 3.76. The van der Waals surface area contributed by atoms with Crippen LogP contribution in [-0.2, 0) is 0 Å². The number of amides is 1. The lowest BCUT2D eigenvalue weighted by molar-refractivity contribution is 0.0927. The van der Waals surface area contributed by atoms with Crippen LogP contribution in [0.3, 0.4) is 0 Å². The quantitative estimate of drug-likeness (QED) is 0.853. The predicted molar refractivity (Wildman–Crippen MR) is 70.5 cm³/mol. The predicted octanol–water partition coefficient (Wildman–Crippen LogP) is 3.71. The molecule has 0 aromatic heterocycles. The molecule has 1 aromatic carbocycles. The van der Waals surface area contributed by atoms with Crippen molar-refractivity contribution in [2.45, 2.75) is 45.1 Å². The van der Waals surface area contributed by atoms with E-state index in [1.807, 2.05) is 25.1 Å². The maximum Gasteiger partial charge on any atom is 0.251 e. The molecule has 1 aliphatic rings. The molecule has 17 heavy (non-hydrogen) atoms. The Morgan fingerprint density at radius 2 is 2.00 bits per heavy atom. The fourth-order valence-electron chi connectivity index (χ4n) is 2.36. The Bertz CT molecular complexity index is 411. The van der Waals surface area contributed by atoms with E-state index in [4.69, 9.17) is 11.6 Å². The minimum atomic E-state index is 0.0110. The summed E-state index contributed by atoms with van der Waals surface area (Å²) in [5.74, 6) is 0.0110. The van der Waals surface area contributed by atoms with Crippen molar-refractivity contribution in [3.63, 3.8) is 0 Å². The normalized spacial score (nSPS) is 16.8. The fourth-order valence-corrected chi connectivity index (χ4v) is 2.54. The number of carbonyl (C=O) groups excluding carboxylic acids is 1. The molecule has 0 aliphatic heterocycles. The molecule has 3 heteroatoms. The molecule has 1 fully saturated rings. The lowest BCUT2D eigenvalue weighted by Crippen LogP contribution is -2.36. The highest BCUT2D eigenvalue weighted by atomic mass is 35.5. The maximum atomic E-state index is 12.1. The lowest BCUT2D eigenvalue weighted by atomic mass is 9.95. The van der Waals surface area contributed by atoms with Crippen molar-refractivity contribution in [1.29, 1.82) is 0 Å². The van der Waals surface area contributed by atoms with E-state index in [1.54, 1.807) is 0 Å². The van der Waals surface area contributed by atoms with E-state index in [0.29, 0.717) is 16.6 Å². The SMILES string of the molecule is Cc1c(Cl)cccc1C(=O)NC1CCCCC1. The number of benzene rings is 1. The molecule has 1 saturated carbocycles. The number of halogens is 1. The molecule has 1 amide bonds. The highest BCUT2D eigenvalue weighted by Crippen LogP contribution is 2.21. The van der Waals surface area contributed by atoms with E-state index in [9.17, 15) is 4.79 Å². The van der Waals surface area contributed by atoms with Gasteiger partial charge in [-0.25, -0.2) is 0 Å². The monoisotopic (exact) mass is 251 g/mol. The second-order valence-corrected chi connectivity index (χ2v) is 5.13. The summed E-state index contributed by atoms with van der Waals surface area (Å²) in [7, 11) is 0. The fraction of sp³-hybridized carbons (Fsp3) is 0.500. The van der Waals surface area contributed by atoms with Gasteiger partial charge in [-0.1, -0.05) is 36.9 Å². The molecular formula is C14H18ClNO. The van der Waals surface area contributed by atoms with Crippen LogP contribution >= 0.6 is 11.6 Å². The van der Waals surface area contributed by atoms with E-state index >= 15 is 0 Å². The van der Waals surface area contributed by atoms with Gasteiger partial charge < -0.3 is 5.32 Å². The summed E-state index contributed by atoms with van der Waals surface area (Å²) in [5.41, 5.74) is 1.56. The minimum Gasteiger partial charge on any atom is -0.349 e. The van der Waals surface area contributed by atoms with Gasteiger partial charge in [-0.2, -0.15) is 0 Å². The second-order valence-electron chi connectivity index (χ2n) is 4.72. The first-order valence-electron chi connectivity index (χ1n) is 6.24. The van der Waals surface area contributed by atoms with Crippen molar-refractivity contribution < 1.29 is 4.79 Å². The first kappa shape index (κ1) is 12.4. The average Bonchev–Trinajstić information content (AvgIpc) is 2.34. The van der Waals surface area contributed by atoms with Crippen molar-refractivity contribution in [1.82, 2.24) is 5.32 Å². The molecule has 1 aromatic rings. The van der Waals surface area contributed by atoms with Gasteiger partial charge in [0.25, 0.3) is 5.91 Å². The third kappa shape index (κ3) is 3.01. The molecule has 0 saturated heterocycles. The number of hydrogen-bond acceptors (Lipinski definition) is 1. The maximum absolute atomic E-state index is 12.1. The third-order valence-electron chi connectivity index (χ3n) is 3.45. The summed E-state index contributed by atoms with van der Waals surface area (Å²) in [6, 6.07) is 5.81. The van der Waals surface area contributed by atoms with Crippen molar-refractivity contribution in [2.24, 2.45) is 0 Å². The molecule has 0 atom stereocenters. The Balaban J connectivity index is 2.06. The Kier molecular flexibility index (Phi) is 4.06. The van der Waals surface area contributed by atoms with Crippen LogP contribution < -0.4 is 5.32 Å². The van der Waals surface area contributed by atoms with Crippen LogP contribution in [0.4, 0.5) is 0 Å². The van der Waals surface area contributed by atoms with Crippen LogP contribution in [-0.4, -0.2) is 11.9 Å². The van der Waals surface area contributed by atoms with Crippen LogP contribution in [0.5, 0.6) is 0 Å². The topological polar surface area (TPSA) is 29.1 Å². The smallest absolute Gasteiger partial charge is 0.251 e. The molecule has 0 bridgehead atoms. The summed E-state index contributed by atoms with van der Waals surface area (Å²) in [4.78, 5) is 12.1. The van der Waals surface area contributed by atoms with Crippen molar-refractivity contribution in [3.05, 3.63) is 34.3 Å². The summed E-state index contributed by atoms with van der Waals surface area (Å²) in [6.07, 6.45) is 5.94. The van der Waals surface area contributed by atoms with Gasteiger partial charge in [0.1, 0.15) is 0 Å². The van der Waals surface area contributed by atoms with Gasteiger partial charge in [0.05, 0.1) is 0 Å². The molecule has 0 unspecified atom stereocenters. The Morgan fingerprint density at radius 3 is 2.71 bits per heavy atom. The van der Waals surface area contributed by atoms with Crippen LogP contribution in [0, 0.1) is 6.92 Å². The Morgan fingerprint density at radius 1 is 1.29 bits per heavy atom. The largest absolute Gasteiger partial charge is 0.349 e. The zero-order valence-electron chi connectivity index (χ0n) is 10.1. The Labute approximate surface area is 107 Å². The lowest BCUT2D eigenvalue weighted by Gasteiger charge is -2.23. The standard InChI is InChI=1S/C14H18ClNO/c1-10-12(8-5-9-13(10)15)14(17)16-11-6-3-2-4-7-11/h5,8-9,11H,2-4,6-7H2,1H3,(H,16,17). The second kappa shape index (κ2) is 5.54. The molecular weight excluding hydrogens is 234 g/mol. The van der Waals surface area contributed by atoms with Crippen LogP contribution in [0.15, 0.2) is 18.2 Å². The van der Waals surface area contributed by atoms with Crippen molar-refractivity contribution in [3.8, 4) is 0 Å². The van der Waals surface area contributed by atoms with Crippen LogP contribution in [0.25, 0.3) is 0 Å². The highest BCUT2D eigenvalue weighted by molar-refractivity contribution is 6.31. The summed E-state index contributed by atoms with van der Waals surface area (Å²) >= 11 is 6.02. The summed E-state index contributed by atoms with van der Waals surface area (Å²) < 4.78 is 0. The molecule has 2 nitrogen and oxygen atoms in total. The van der Waals surface area contributed by atoms with Gasteiger partial charge in [-0.3, -0.25) is 4.79 Å². The third-order valence-corrected chi connectivity index (χ3v) is 3.86. The van der Waals surface area contributed by atoms with Gasteiger partial charge in [0, 0.05) is 16.6 Å². The Hall–Kier alpha value is -1.02. The van der Waals surface area contributed by atoms with E-state index in [2.05, 4.69) is 5.32 Å². The zero-order valence-corrected chi connectivity index (χ0v) is 10.9. The number of rotatable bonds is 2. The first-order chi connectivity index (χ1) is 8.18. The molecule has 0 spiro atoms. The number of nitrogens with one attached hydrogen (secondary N) is 1. The molecule has 1 aliphatic carbocycles. The summed E-state index contributed by atoms with van der Waals surface area (Å²) in [6.45, 7) is 1.89.